The van der Waals surface area contributed by atoms with Crippen molar-refractivity contribution in [3.8, 4) is 0 Å². The molecule has 24 heavy (non-hydrogen) atoms. The van der Waals surface area contributed by atoms with Gasteiger partial charge in [0, 0.05) is 0 Å². The molecule has 0 aromatic carbocycles. The molecule has 0 fully saturated rings. The second-order valence-corrected chi connectivity index (χ2v) is 9.66. The van der Waals surface area contributed by atoms with Gasteiger partial charge in [0.2, 0.25) is 3.79 Å². The normalized spacial score (nSPS) is 12.5. The predicted molar refractivity (Wildman–Crippen MR) is 102 cm³/mol. The van der Waals surface area contributed by atoms with E-state index in [2.05, 4.69) is 10.1 Å². The second-order valence-electron chi connectivity index (χ2n) is 4.53. The summed E-state index contributed by atoms with van der Waals surface area (Å²) < 4.78 is 21.5. The number of hydrogen-bond donors (Lipinski definition) is 1. The Bertz CT molecular complexity index is 614. The zero-order chi connectivity index (χ0) is 18.5. The van der Waals surface area contributed by atoms with Crippen LogP contribution < -0.4 is 5.09 Å². The summed E-state index contributed by atoms with van der Waals surface area (Å²) in [5.74, 6) is 0. The standard InChI is InChI=1S/C12H15Cl6N2O3P/c1-3-5-22-24(21,23-6-4-2)20-9-7(13)10(12(16,17)18)19-11(15)8(9)14/h3-6H2,1-2H3,(H,19,20,21). The first-order chi connectivity index (χ1) is 11.1. The zero-order valence-electron chi connectivity index (χ0n) is 12.7. The van der Waals surface area contributed by atoms with Crippen LogP contribution in [0.25, 0.3) is 0 Å². The summed E-state index contributed by atoms with van der Waals surface area (Å²) in [7, 11) is -3.75. The summed E-state index contributed by atoms with van der Waals surface area (Å²) >= 11 is 35.7. The highest BCUT2D eigenvalue weighted by Gasteiger charge is 2.34. The number of halogens is 6. The Morgan fingerprint density at radius 2 is 1.54 bits per heavy atom. The average molecular weight is 479 g/mol. The molecule has 12 heteroatoms. The quantitative estimate of drug-likeness (QED) is 0.242. The Morgan fingerprint density at radius 3 is 1.96 bits per heavy atom. The van der Waals surface area contributed by atoms with Gasteiger partial charge < -0.3 is 0 Å². The zero-order valence-corrected chi connectivity index (χ0v) is 18.1. The molecule has 0 bridgehead atoms. The van der Waals surface area contributed by atoms with Gasteiger partial charge in [-0.3, -0.25) is 14.1 Å². The fourth-order valence-electron chi connectivity index (χ4n) is 1.46. The van der Waals surface area contributed by atoms with E-state index in [9.17, 15) is 4.57 Å². The van der Waals surface area contributed by atoms with Crippen molar-refractivity contribution in [2.45, 2.75) is 30.5 Å². The minimum Gasteiger partial charge on any atom is -0.292 e. The van der Waals surface area contributed by atoms with Crippen LogP contribution in [0.15, 0.2) is 0 Å². The number of hydrogen-bond acceptors (Lipinski definition) is 4. The van der Waals surface area contributed by atoms with Gasteiger partial charge in [-0.2, -0.15) is 0 Å². The van der Waals surface area contributed by atoms with E-state index in [1.54, 1.807) is 0 Å². The molecular weight excluding hydrogens is 464 g/mol. The van der Waals surface area contributed by atoms with Gasteiger partial charge in [-0.05, 0) is 12.8 Å². The largest absolute Gasteiger partial charge is 0.432 e. The molecule has 0 radical (unpaired) electrons. The molecule has 1 aromatic heterocycles. The second kappa shape index (κ2) is 9.68. The Hall–Kier alpha value is 0.840. The molecule has 1 heterocycles. The highest BCUT2D eigenvalue weighted by atomic mass is 35.6. The number of nitrogens with one attached hydrogen (secondary N) is 1. The van der Waals surface area contributed by atoms with E-state index in [-0.39, 0.29) is 39.8 Å². The molecule has 1 rings (SSSR count). The minimum atomic E-state index is -3.75. The number of anilines is 1. The molecule has 138 valence electrons. The van der Waals surface area contributed by atoms with Gasteiger partial charge in [-0.1, -0.05) is 83.5 Å². The van der Waals surface area contributed by atoms with E-state index in [4.69, 9.17) is 78.7 Å². The number of pyridine rings is 1. The Morgan fingerprint density at radius 1 is 1.04 bits per heavy atom. The summed E-state index contributed by atoms with van der Waals surface area (Å²) in [6.07, 6.45) is 1.25. The van der Waals surface area contributed by atoms with Crippen LogP contribution in [0.4, 0.5) is 5.69 Å². The van der Waals surface area contributed by atoms with Gasteiger partial charge >= 0.3 is 7.75 Å². The van der Waals surface area contributed by atoms with Crippen molar-refractivity contribution in [2.75, 3.05) is 18.3 Å². The summed E-state index contributed by atoms with van der Waals surface area (Å²) in [5, 5.41) is 2.14. The number of nitrogens with zero attached hydrogens (tertiary/aromatic N) is 1. The molecule has 0 saturated heterocycles. The van der Waals surface area contributed by atoms with E-state index in [1.165, 1.54) is 0 Å². The van der Waals surface area contributed by atoms with Crippen LogP contribution in [-0.2, 0) is 17.4 Å². The molecule has 0 spiro atoms. The van der Waals surface area contributed by atoms with Crippen molar-refractivity contribution < 1.29 is 13.6 Å². The number of aromatic nitrogens is 1. The lowest BCUT2D eigenvalue weighted by Gasteiger charge is -2.23. The van der Waals surface area contributed by atoms with Crippen LogP contribution in [0, 0.1) is 0 Å². The SMILES string of the molecule is CCCOP(=O)(Nc1c(Cl)c(Cl)nc(C(Cl)(Cl)Cl)c1Cl)OCCC. The van der Waals surface area contributed by atoms with Gasteiger partial charge in [-0.15, -0.1) is 0 Å². The lowest BCUT2D eigenvalue weighted by atomic mass is 10.3. The maximum Gasteiger partial charge on any atom is 0.432 e. The smallest absolute Gasteiger partial charge is 0.292 e. The van der Waals surface area contributed by atoms with E-state index in [1.807, 2.05) is 13.8 Å². The molecular formula is C12H15Cl6N2O3P. The monoisotopic (exact) mass is 476 g/mol. The number of alkyl halides is 3. The van der Waals surface area contributed by atoms with E-state index in [0.29, 0.717) is 12.8 Å². The van der Waals surface area contributed by atoms with Crippen LogP contribution in [0.5, 0.6) is 0 Å². The summed E-state index contributed by atoms with van der Waals surface area (Å²) in [4.78, 5) is 3.85. The first kappa shape index (κ1) is 22.9. The molecule has 0 aliphatic heterocycles. The van der Waals surface area contributed by atoms with Gasteiger partial charge in [0.1, 0.15) is 15.9 Å². The first-order valence-electron chi connectivity index (χ1n) is 6.84. The third kappa shape index (κ3) is 6.22. The molecule has 5 nitrogen and oxygen atoms in total. The molecule has 0 unspecified atom stereocenters. The average Bonchev–Trinajstić information content (AvgIpc) is 2.50. The molecule has 0 atom stereocenters. The topological polar surface area (TPSA) is 60.5 Å². The molecule has 1 N–H and O–H groups in total. The van der Waals surface area contributed by atoms with Gasteiger partial charge in [0.15, 0.2) is 0 Å². The van der Waals surface area contributed by atoms with Crippen molar-refractivity contribution in [3.63, 3.8) is 0 Å². The molecule has 0 amide bonds. The summed E-state index contributed by atoms with van der Waals surface area (Å²) in [6.45, 7) is 4.10. The fourth-order valence-corrected chi connectivity index (χ4v) is 4.43. The van der Waals surface area contributed by atoms with Crippen LogP contribution >= 0.6 is 77.4 Å². The minimum absolute atomic E-state index is 0.0461. The molecule has 0 aliphatic carbocycles. The highest BCUT2D eigenvalue weighted by molar-refractivity contribution is 7.55. The summed E-state index contributed by atoms with van der Waals surface area (Å²) in [5.41, 5.74) is -0.209. The lowest BCUT2D eigenvalue weighted by molar-refractivity contribution is 0.209. The Balaban J connectivity index is 3.32. The maximum absolute atomic E-state index is 12.8. The van der Waals surface area contributed by atoms with Crippen LogP contribution in [0.2, 0.25) is 15.2 Å². The third-order valence-electron chi connectivity index (χ3n) is 2.49. The lowest BCUT2D eigenvalue weighted by Crippen LogP contribution is -2.11. The van der Waals surface area contributed by atoms with Crippen molar-refractivity contribution in [1.82, 2.24) is 4.98 Å². The maximum atomic E-state index is 12.8. The first-order valence-corrected chi connectivity index (χ1v) is 10.7. The van der Waals surface area contributed by atoms with Crippen molar-refractivity contribution in [3.05, 3.63) is 20.9 Å². The Kier molecular flexibility index (Phi) is 9.23. The van der Waals surface area contributed by atoms with Crippen molar-refractivity contribution in [1.29, 1.82) is 0 Å². The van der Waals surface area contributed by atoms with E-state index in [0.717, 1.165) is 0 Å². The van der Waals surface area contributed by atoms with E-state index >= 15 is 0 Å². The Labute approximate surface area is 170 Å². The highest BCUT2D eigenvalue weighted by Crippen LogP contribution is 2.54. The van der Waals surface area contributed by atoms with Gasteiger partial charge in [0.25, 0.3) is 0 Å². The summed E-state index contributed by atoms with van der Waals surface area (Å²) in [6, 6.07) is 0. The van der Waals surface area contributed by atoms with Crippen LogP contribution in [0.3, 0.4) is 0 Å². The molecule has 0 saturated carbocycles. The van der Waals surface area contributed by atoms with E-state index < -0.39 is 11.5 Å². The predicted octanol–water partition coefficient (Wildman–Crippen LogP) is 7.24. The van der Waals surface area contributed by atoms with Crippen LogP contribution in [-0.4, -0.2) is 18.2 Å². The fraction of sp³-hybridized carbons (Fsp3) is 0.583. The van der Waals surface area contributed by atoms with Gasteiger partial charge in [0.05, 0.1) is 23.9 Å². The molecule has 0 aliphatic rings. The van der Waals surface area contributed by atoms with Crippen molar-refractivity contribution in [2.24, 2.45) is 0 Å². The number of rotatable bonds is 8. The van der Waals surface area contributed by atoms with Crippen LogP contribution in [0.1, 0.15) is 32.4 Å². The molecule has 1 aromatic rings. The van der Waals surface area contributed by atoms with Gasteiger partial charge in [-0.25, -0.2) is 9.55 Å². The van der Waals surface area contributed by atoms with Crippen molar-refractivity contribution >= 4 is 83.0 Å². The third-order valence-corrected chi connectivity index (χ3v) is 5.67.